The van der Waals surface area contributed by atoms with E-state index in [2.05, 4.69) is 9.97 Å². The van der Waals surface area contributed by atoms with Crippen molar-refractivity contribution in [3.8, 4) is 10.6 Å². The minimum absolute atomic E-state index is 0.0357. The summed E-state index contributed by atoms with van der Waals surface area (Å²) in [6.07, 6.45) is 6.16. The van der Waals surface area contributed by atoms with Gasteiger partial charge in [-0.05, 0) is 15.5 Å². The Labute approximate surface area is 144 Å². The van der Waals surface area contributed by atoms with Crippen LogP contribution in [0, 0.1) is 10.1 Å². The molecule has 0 saturated heterocycles. The van der Waals surface area contributed by atoms with Crippen molar-refractivity contribution >= 4 is 22.8 Å². The maximum Gasteiger partial charge on any atom is 0.382 e. The van der Waals surface area contributed by atoms with E-state index >= 15 is 0 Å². The second kappa shape index (κ2) is 5.95. The van der Waals surface area contributed by atoms with E-state index in [1.807, 2.05) is 29.6 Å². The highest BCUT2D eigenvalue weighted by Gasteiger charge is 2.17. The third-order valence-electron chi connectivity index (χ3n) is 3.75. The van der Waals surface area contributed by atoms with Gasteiger partial charge < -0.3 is 14.7 Å². The van der Waals surface area contributed by atoms with Crippen molar-refractivity contribution in [3.05, 3.63) is 80.5 Å². The summed E-state index contributed by atoms with van der Waals surface area (Å²) in [6.45, 7) is 0.355. The van der Waals surface area contributed by atoms with Gasteiger partial charge >= 0.3 is 17.0 Å². The molecule has 0 radical (unpaired) electrons. The van der Waals surface area contributed by atoms with Crippen molar-refractivity contribution in [2.24, 2.45) is 0 Å². The molecule has 0 unspecified atom stereocenters. The van der Waals surface area contributed by atoms with Gasteiger partial charge in [-0.3, -0.25) is 9.20 Å². The molecule has 25 heavy (non-hydrogen) atoms. The molecule has 9 heteroatoms. The molecule has 1 aromatic carbocycles. The van der Waals surface area contributed by atoms with Gasteiger partial charge in [0, 0.05) is 29.5 Å². The second-order valence-corrected chi connectivity index (χ2v) is 6.25. The molecule has 0 aliphatic carbocycles. The van der Waals surface area contributed by atoms with Gasteiger partial charge in [0.2, 0.25) is 0 Å². The van der Waals surface area contributed by atoms with Crippen LogP contribution in [-0.2, 0) is 6.54 Å². The molecule has 3 aromatic heterocycles. The molecule has 0 aliphatic rings. The first kappa shape index (κ1) is 15.2. The van der Waals surface area contributed by atoms with Crippen molar-refractivity contribution in [1.82, 2.24) is 18.9 Å². The molecular weight excluding hydrogens is 342 g/mol. The molecule has 3 heterocycles. The highest BCUT2D eigenvalue weighted by Crippen LogP contribution is 2.22. The average Bonchev–Trinajstić information content (AvgIpc) is 3.28. The Morgan fingerprint density at radius 1 is 1.20 bits per heavy atom. The highest BCUT2D eigenvalue weighted by atomic mass is 32.1. The highest BCUT2D eigenvalue weighted by molar-refractivity contribution is 7.13. The van der Waals surface area contributed by atoms with Crippen LogP contribution < -0.4 is 5.56 Å². The Morgan fingerprint density at radius 2 is 2.00 bits per heavy atom. The zero-order valence-electron chi connectivity index (χ0n) is 12.8. The van der Waals surface area contributed by atoms with Crippen LogP contribution in [0.3, 0.4) is 0 Å². The number of hydrogen-bond acceptors (Lipinski definition) is 6. The predicted octanol–water partition coefficient (Wildman–Crippen LogP) is 2.58. The monoisotopic (exact) mass is 353 g/mol. The number of nitrogens with zero attached hydrogens (tertiary/aromatic N) is 5. The Morgan fingerprint density at radius 3 is 2.68 bits per heavy atom. The van der Waals surface area contributed by atoms with Gasteiger partial charge in [0.05, 0.1) is 6.54 Å². The molecule has 4 aromatic rings. The quantitative estimate of drug-likeness (QED) is 0.415. The van der Waals surface area contributed by atoms with Crippen LogP contribution in [0.1, 0.15) is 5.56 Å². The van der Waals surface area contributed by atoms with E-state index < -0.39 is 4.92 Å². The fraction of sp³-hybridized carbons (Fsp3) is 0.0625. The Kier molecular flexibility index (Phi) is 3.62. The fourth-order valence-corrected chi connectivity index (χ4v) is 3.17. The molecule has 0 fully saturated rings. The molecule has 0 aliphatic heterocycles. The molecular formula is C16H11N5O3S. The summed E-state index contributed by atoms with van der Waals surface area (Å²) in [5.41, 5.74) is 1.62. The summed E-state index contributed by atoms with van der Waals surface area (Å²) >= 11 is 1.56. The lowest BCUT2D eigenvalue weighted by molar-refractivity contribution is -0.389. The molecule has 8 nitrogen and oxygen atoms in total. The standard InChI is InChI=1S/C16H11N5O3S/c22-16-14-18-13(21(23)24)10-19(14)6-7-20(16)9-11-1-3-12(4-2-11)15-17-5-8-25-15/h1-8,10H,9H2. The third kappa shape index (κ3) is 2.81. The van der Waals surface area contributed by atoms with E-state index in [0.29, 0.717) is 6.54 Å². The van der Waals surface area contributed by atoms with E-state index in [-0.39, 0.29) is 17.0 Å². The molecule has 124 valence electrons. The lowest BCUT2D eigenvalue weighted by atomic mass is 10.1. The predicted molar refractivity (Wildman–Crippen MR) is 92.8 cm³/mol. The van der Waals surface area contributed by atoms with E-state index in [1.54, 1.807) is 29.9 Å². The van der Waals surface area contributed by atoms with Gasteiger partial charge in [0.25, 0.3) is 0 Å². The largest absolute Gasteiger partial charge is 0.382 e. The summed E-state index contributed by atoms with van der Waals surface area (Å²) in [5, 5.41) is 13.7. The second-order valence-electron chi connectivity index (χ2n) is 5.35. The number of nitro groups is 1. The van der Waals surface area contributed by atoms with E-state index in [4.69, 9.17) is 0 Å². The summed E-state index contributed by atoms with van der Waals surface area (Å²) in [5.74, 6) is -0.345. The van der Waals surface area contributed by atoms with Crippen LogP contribution in [0.4, 0.5) is 5.82 Å². The van der Waals surface area contributed by atoms with Crippen molar-refractivity contribution in [2.75, 3.05) is 0 Å². The first-order valence-electron chi connectivity index (χ1n) is 7.33. The summed E-state index contributed by atoms with van der Waals surface area (Å²) in [7, 11) is 0. The van der Waals surface area contributed by atoms with Crippen molar-refractivity contribution in [2.45, 2.75) is 6.54 Å². The van der Waals surface area contributed by atoms with E-state index in [1.165, 1.54) is 15.2 Å². The number of imidazole rings is 1. The van der Waals surface area contributed by atoms with Crippen LogP contribution in [0.2, 0.25) is 0 Å². The maximum absolute atomic E-state index is 12.5. The number of thiazole rings is 1. The summed E-state index contributed by atoms with van der Waals surface area (Å²) in [4.78, 5) is 30.7. The van der Waals surface area contributed by atoms with Gasteiger partial charge in [-0.2, -0.15) is 0 Å². The number of rotatable bonds is 4. The number of benzene rings is 1. The molecule has 4 rings (SSSR count). The normalized spacial score (nSPS) is 11.0. The van der Waals surface area contributed by atoms with Crippen molar-refractivity contribution < 1.29 is 4.92 Å². The maximum atomic E-state index is 12.5. The molecule has 0 saturated carbocycles. The summed E-state index contributed by atoms with van der Waals surface area (Å²) in [6, 6.07) is 7.78. The SMILES string of the molecule is O=c1c2nc([N+](=O)[O-])cn2ccn1Cc1ccc(-c2nccs2)cc1. The first-order valence-corrected chi connectivity index (χ1v) is 8.21. The first-order chi connectivity index (χ1) is 12.1. The molecule has 0 spiro atoms. The van der Waals surface area contributed by atoms with Crippen LogP contribution in [-0.4, -0.2) is 23.9 Å². The molecule has 0 atom stereocenters. The van der Waals surface area contributed by atoms with Crippen LogP contribution >= 0.6 is 11.3 Å². The van der Waals surface area contributed by atoms with Gasteiger partial charge in [-0.25, -0.2) is 4.98 Å². The van der Waals surface area contributed by atoms with E-state index in [9.17, 15) is 14.9 Å². The Bertz CT molecular complexity index is 1110. The Balaban J connectivity index is 1.65. The molecule has 0 bridgehead atoms. The van der Waals surface area contributed by atoms with Crippen LogP contribution in [0.5, 0.6) is 0 Å². The van der Waals surface area contributed by atoms with Crippen LogP contribution in [0.25, 0.3) is 16.2 Å². The number of aromatic nitrogens is 4. The van der Waals surface area contributed by atoms with E-state index in [0.717, 1.165) is 16.1 Å². The van der Waals surface area contributed by atoms with Gasteiger partial charge in [-0.15, -0.1) is 11.3 Å². The Hall–Kier alpha value is -3.33. The van der Waals surface area contributed by atoms with Crippen LogP contribution in [0.15, 0.2) is 59.2 Å². The smallest absolute Gasteiger partial charge is 0.358 e. The lowest BCUT2D eigenvalue weighted by Gasteiger charge is -2.06. The average molecular weight is 353 g/mol. The fourth-order valence-electron chi connectivity index (χ4n) is 2.53. The number of hydrogen-bond donors (Lipinski definition) is 0. The molecule has 0 N–H and O–H groups in total. The van der Waals surface area contributed by atoms with Gasteiger partial charge in [0.1, 0.15) is 11.2 Å². The number of fused-ring (bicyclic) bond motifs is 1. The zero-order chi connectivity index (χ0) is 17.4. The molecule has 0 amide bonds. The summed E-state index contributed by atoms with van der Waals surface area (Å²) < 4.78 is 2.84. The van der Waals surface area contributed by atoms with Crippen molar-refractivity contribution in [1.29, 1.82) is 0 Å². The third-order valence-corrected chi connectivity index (χ3v) is 4.57. The minimum Gasteiger partial charge on any atom is -0.358 e. The zero-order valence-corrected chi connectivity index (χ0v) is 13.6. The minimum atomic E-state index is -0.617. The van der Waals surface area contributed by atoms with Crippen molar-refractivity contribution in [3.63, 3.8) is 0 Å². The van der Waals surface area contributed by atoms with Gasteiger partial charge in [0.15, 0.2) is 0 Å². The van der Waals surface area contributed by atoms with Gasteiger partial charge in [-0.1, -0.05) is 24.3 Å². The topological polar surface area (TPSA) is 95.3 Å². The lowest BCUT2D eigenvalue weighted by Crippen LogP contribution is -2.22.